The molecule has 20 heavy (non-hydrogen) atoms. The van der Waals surface area contributed by atoms with Crippen molar-refractivity contribution in [3.63, 3.8) is 0 Å². The quantitative estimate of drug-likeness (QED) is 0.608. The molecule has 1 atom stereocenters. The summed E-state index contributed by atoms with van der Waals surface area (Å²) in [7, 11) is -2.56. The Kier molecular flexibility index (Phi) is 8.86. The molecule has 0 aliphatic carbocycles. The van der Waals surface area contributed by atoms with Crippen molar-refractivity contribution in [1.82, 2.24) is 4.90 Å². The Morgan fingerprint density at radius 2 is 1.55 bits per heavy atom. The standard InChI is InChI=1S/C13H30N2O4Si/c1-4-17-20(18-5-2,19-6-3)12-7-13(14)15-8-10-16-11-9-15/h13H,4-12,14H2,1-3H3. The van der Waals surface area contributed by atoms with Crippen LogP contribution >= 0.6 is 0 Å². The van der Waals surface area contributed by atoms with Gasteiger partial charge in [-0.2, -0.15) is 0 Å². The van der Waals surface area contributed by atoms with Crippen molar-refractivity contribution < 1.29 is 18.0 Å². The maximum atomic E-state index is 6.27. The predicted octanol–water partition coefficient (Wildman–Crippen LogP) is 1.04. The first-order valence-corrected chi connectivity index (χ1v) is 9.59. The fourth-order valence-corrected chi connectivity index (χ4v) is 5.07. The minimum absolute atomic E-state index is 0.0205. The van der Waals surface area contributed by atoms with E-state index in [0.717, 1.165) is 38.8 Å². The minimum atomic E-state index is -2.56. The van der Waals surface area contributed by atoms with Crippen LogP contribution in [-0.2, 0) is 18.0 Å². The lowest BCUT2D eigenvalue weighted by Crippen LogP contribution is -2.51. The smallest absolute Gasteiger partial charge is 0.379 e. The number of nitrogens with zero attached hydrogens (tertiary/aromatic N) is 1. The van der Waals surface area contributed by atoms with E-state index in [9.17, 15) is 0 Å². The van der Waals surface area contributed by atoms with Crippen LogP contribution in [0.15, 0.2) is 0 Å². The molecule has 120 valence electrons. The van der Waals surface area contributed by atoms with E-state index in [1.165, 1.54) is 0 Å². The SMILES string of the molecule is CCO[Si](CCC(N)N1CCOCC1)(OCC)OCC. The highest BCUT2D eigenvalue weighted by Gasteiger charge is 2.40. The molecule has 2 N–H and O–H groups in total. The highest BCUT2D eigenvalue weighted by molar-refractivity contribution is 6.60. The summed E-state index contributed by atoms with van der Waals surface area (Å²) in [5.74, 6) is 0. The normalized spacial score (nSPS) is 19.2. The van der Waals surface area contributed by atoms with Gasteiger partial charge in [-0.05, 0) is 27.2 Å². The van der Waals surface area contributed by atoms with E-state index < -0.39 is 8.80 Å². The monoisotopic (exact) mass is 306 g/mol. The molecule has 0 radical (unpaired) electrons. The van der Waals surface area contributed by atoms with Gasteiger partial charge in [-0.15, -0.1) is 0 Å². The highest BCUT2D eigenvalue weighted by Crippen LogP contribution is 2.20. The summed E-state index contributed by atoms with van der Waals surface area (Å²) < 4.78 is 22.9. The molecule has 0 aromatic heterocycles. The Labute approximate surface area is 123 Å². The molecule has 1 saturated heterocycles. The molecule has 0 amide bonds. The fraction of sp³-hybridized carbons (Fsp3) is 1.00. The number of hydrogen-bond acceptors (Lipinski definition) is 6. The molecular weight excluding hydrogens is 276 g/mol. The molecule has 1 aliphatic heterocycles. The second-order valence-corrected chi connectivity index (χ2v) is 7.47. The van der Waals surface area contributed by atoms with Gasteiger partial charge in [-0.25, -0.2) is 0 Å². The molecule has 0 spiro atoms. The van der Waals surface area contributed by atoms with Crippen LogP contribution in [0.25, 0.3) is 0 Å². The molecule has 1 aliphatic rings. The Morgan fingerprint density at radius 1 is 1.05 bits per heavy atom. The molecule has 0 bridgehead atoms. The van der Waals surface area contributed by atoms with E-state index in [0.29, 0.717) is 19.8 Å². The van der Waals surface area contributed by atoms with Gasteiger partial charge in [0.25, 0.3) is 0 Å². The summed E-state index contributed by atoms with van der Waals surface area (Å²) in [6.45, 7) is 11.1. The third kappa shape index (κ3) is 5.77. The zero-order valence-electron chi connectivity index (χ0n) is 13.1. The summed E-state index contributed by atoms with van der Waals surface area (Å²) in [5.41, 5.74) is 6.27. The number of ether oxygens (including phenoxy) is 1. The van der Waals surface area contributed by atoms with Gasteiger partial charge in [0.05, 0.1) is 19.4 Å². The van der Waals surface area contributed by atoms with Gasteiger partial charge in [0.1, 0.15) is 0 Å². The Morgan fingerprint density at radius 3 is 2.00 bits per heavy atom. The Bertz CT molecular complexity index is 236. The van der Waals surface area contributed by atoms with Gasteiger partial charge in [-0.1, -0.05) is 0 Å². The van der Waals surface area contributed by atoms with Crippen LogP contribution in [-0.4, -0.2) is 66.0 Å². The van der Waals surface area contributed by atoms with E-state index in [-0.39, 0.29) is 6.17 Å². The molecule has 0 aromatic carbocycles. The van der Waals surface area contributed by atoms with E-state index in [2.05, 4.69) is 4.90 Å². The first-order chi connectivity index (χ1) is 9.67. The van der Waals surface area contributed by atoms with Crippen LogP contribution < -0.4 is 5.73 Å². The van der Waals surface area contributed by atoms with E-state index in [4.69, 9.17) is 23.7 Å². The van der Waals surface area contributed by atoms with Crippen molar-refractivity contribution >= 4 is 8.80 Å². The summed E-state index contributed by atoms with van der Waals surface area (Å²) in [5, 5.41) is 0. The van der Waals surface area contributed by atoms with Gasteiger partial charge < -0.3 is 23.7 Å². The van der Waals surface area contributed by atoms with E-state index in [1.54, 1.807) is 0 Å². The van der Waals surface area contributed by atoms with Crippen LogP contribution in [0, 0.1) is 0 Å². The lowest BCUT2D eigenvalue weighted by atomic mass is 10.3. The molecule has 1 fully saturated rings. The molecule has 0 saturated carbocycles. The molecule has 0 aromatic rings. The summed E-state index contributed by atoms with van der Waals surface area (Å²) in [6, 6.07) is 0.765. The Hall–Kier alpha value is -0.0231. The molecular formula is C13H30N2O4Si. The van der Waals surface area contributed by atoms with Crippen LogP contribution in [0.1, 0.15) is 27.2 Å². The zero-order chi connectivity index (χ0) is 14.8. The van der Waals surface area contributed by atoms with Gasteiger partial charge in [0.2, 0.25) is 0 Å². The second-order valence-electron chi connectivity index (χ2n) is 4.74. The first-order valence-electron chi connectivity index (χ1n) is 7.66. The average Bonchev–Trinajstić information content (AvgIpc) is 2.46. The molecule has 1 rings (SSSR count). The lowest BCUT2D eigenvalue weighted by Gasteiger charge is -2.34. The van der Waals surface area contributed by atoms with Gasteiger partial charge in [0.15, 0.2) is 0 Å². The Balaban J connectivity index is 2.50. The topological polar surface area (TPSA) is 66.2 Å². The van der Waals surface area contributed by atoms with E-state index >= 15 is 0 Å². The summed E-state index contributed by atoms with van der Waals surface area (Å²) >= 11 is 0. The second kappa shape index (κ2) is 9.83. The highest BCUT2D eigenvalue weighted by atomic mass is 28.4. The summed E-state index contributed by atoms with van der Waals surface area (Å²) in [4.78, 5) is 2.26. The van der Waals surface area contributed by atoms with Crippen molar-refractivity contribution in [2.45, 2.75) is 39.4 Å². The van der Waals surface area contributed by atoms with Crippen LogP contribution in [0.3, 0.4) is 0 Å². The van der Waals surface area contributed by atoms with Crippen LogP contribution in [0.4, 0.5) is 0 Å². The molecule has 7 heteroatoms. The predicted molar refractivity (Wildman–Crippen MR) is 80.4 cm³/mol. The van der Waals surface area contributed by atoms with Crippen molar-refractivity contribution in [2.24, 2.45) is 5.73 Å². The number of morpholine rings is 1. The zero-order valence-corrected chi connectivity index (χ0v) is 14.1. The summed E-state index contributed by atoms with van der Waals surface area (Å²) in [6.07, 6.45) is 0.846. The van der Waals surface area contributed by atoms with Crippen molar-refractivity contribution in [2.75, 3.05) is 46.1 Å². The van der Waals surface area contributed by atoms with Crippen molar-refractivity contribution in [3.8, 4) is 0 Å². The van der Waals surface area contributed by atoms with Gasteiger partial charge >= 0.3 is 8.80 Å². The maximum absolute atomic E-state index is 6.27. The number of rotatable bonds is 10. The number of hydrogen-bond donors (Lipinski definition) is 1. The average molecular weight is 306 g/mol. The largest absolute Gasteiger partial charge is 0.501 e. The van der Waals surface area contributed by atoms with Gasteiger partial charge in [-0.3, -0.25) is 4.90 Å². The van der Waals surface area contributed by atoms with Crippen molar-refractivity contribution in [3.05, 3.63) is 0 Å². The molecule has 1 heterocycles. The first kappa shape index (κ1) is 18.0. The minimum Gasteiger partial charge on any atom is -0.379 e. The van der Waals surface area contributed by atoms with Crippen LogP contribution in [0.2, 0.25) is 6.04 Å². The molecule has 1 unspecified atom stereocenters. The molecule has 6 nitrogen and oxygen atoms in total. The fourth-order valence-electron chi connectivity index (χ4n) is 2.42. The third-order valence-electron chi connectivity index (χ3n) is 3.35. The maximum Gasteiger partial charge on any atom is 0.501 e. The van der Waals surface area contributed by atoms with E-state index in [1.807, 2.05) is 20.8 Å². The lowest BCUT2D eigenvalue weighted by molar-refractivity contribution is 0.0145. The number of nitrogens with two attached hydrogens (primary N) is 1. The van der Waals surface area contributed by atoms with Gasteiger partial charge in [0, 0.05) is 39.0 Å². The third-order valence-corrected chi connectivity index (χ3v) is 6.44. The van der Waals surface area contributed by atoms with Crippen LogP contribution in [0.5, 0.6) is 0 Å². The van der Waals surface area contributed by atoms with Crippen molar-refractivity contribution in [1.29, 1.82) is 0 Å².